The molecule has 4 aliphatic rings. The molecule has 7 aromatic carbocycles. The summed E-state index contributed by atoms with van der Waals surface area (Å²) in [5.41, 5.74) is 19.5. The lowest BCUT2D eigenvalue weighted by Crippen LogP contribution is -2.28. The predicted octanol–water partition coefficient (Wildman–Crippen LogP) is 14.6. The van der Waals surface area contributed by atoms with Crippen molar-refractivity contribution in [2.24, 2.45) is 0 Å². The second kappa shape index (κ2) is 17.9. The van der Waals surface area contributed by atoms with Crippen LogP contribution in [0, 0.1) is 0 Å². The third kappa shape index (κ3) is 7.51. The Balaban J connectivity index is 0.000000183. The van der Waals surface area contributed by atoms with Gasteiger partial charge in [0.05, 0.1) is 5.41 Å². The average Bonchev–Trinajstić information content (AvgIpc) is 4.05. The van der Waals surface area contributed by atoms with Gasteiger partial charge < -0.3 is 5.32 Å². The van der Waals surface area contributed by atoms with Crippen molar-refractivity contribution in [3.8, 4) is 22.3 Å². The summed E-state index contributed by atoms with van der Waals surface area (Å²) < 4.78 is 0. The molecule has 1 fully saturated rings. The van der Waals surface area contributed by atoms with Crippen molar-refractivity contribution < 1.29 is 0 Å². The topological polar surface area (TPSA) is 12.0 Å². The lowest BCUT2D eigenvalue weighted by atomic mass is 9.67. The van der Waals surface area contributed by atoms with Gasteiger partial charge in [0.1, 0.15) is 0 Å². The van der Waals surface area contributed by atoms with E-state index in [4.69, 9.17) is 0 Å². The van der Waals surface area contributed by atoms with Crippen LogP contribution in [0.25, 0.3) is 46.6 Å². The Morgan fingerprint density at radius 3 is 1.89 bits per heavy atom. The van der Waals surface area contributed by atoms with Gasteiger partial charge in [0.2, 0.25) is 0 Å². The molecule has 0 aliphatic heterocycles. The molecule has 4 aliphatic carbocycles. The highest BCUT2D eigenvalue weighted by Gasteiger charge is 2.48. The van der Waals surface area contributed by atoms with Crippen molar-refractivity contribution >= 4 is 30.0 Å². The lowest BCUT2D eigenvalue weighted by molar-refractivity contribution is 0.550. The average molecular weight is 838 g/mol. The number of benzene rings is 7. The maximum Gasteiger partial charge on any atom is 0.0713 e. The molecule has 0 aromatic heterocycles. The molecule has 0 heterocycles. The molecule has 1 heteroatoms. The number of allylic oxidation sites excluding steroid dienone is 10. The van der Waals surface area contributed by atoms with E-state index in [0.717, 1.165) is 22.5 Å². The first kappa shape index (κ1) is 41.5. The Morgan fingerprint density at radius 1 is 0.569 bits per heavy atom. The summed E-state index contributed by atoms with van der Waals surface area (Å²) in [6.45, 7) is 8.28. The molecule has 1 N–H and O–H groups in total. The summed E-state index contributed by atoms with van der Waals surface area (Å²) >= 11 is 0. The quantitative estimate of drug-likeness (QED) is 0.169. The van der Waals surface area contributed by atoms with Crippen LogP contribution in [0.5, 0.6) is 0 Å². The van der Waals surface area contributed by atoms with Gasteiger partial charge in [-0.05, 0) is 138 Å². The van der Waals surface area contributed by atoms with Crippen LogP contribution < -0.4 is 15.8 Å². The van der Waals surface area contributed by atoms with Gasteiger partial charge in [-0.1, -0.05) is 220 Å². The minimum Gasteiger partial charge on any atom is -0.388 e. The molecule has 0 atom stereocenters. The van der Waals surface area contributed by atoms with Crippen molar-refractivity contribution in [2.75, 3.05) is 12.4 Å². The van der Waals surface area contributed by atoms with Crippen LogP contribution in [-0.2, 0) is 10.8 Å². The van der Waals surface area contributed by atoms with E-state index in [9.17, 15) is 0 Å². The summed E-state index contributed by atoms with van der Waals surface area (Å²) in [6, 6.07) is 62.3. The van der Waals surface area contributed by atoms with E-state index in [1.807, 2.05) is 13.1 Å². The lowest BCUT2D eigenvalue weighted by Gasteiger charge is -2.34. The zero-order valence-corrected chi connectivity index (χ0v) is 37.3. The molecule has 65 heavy (non-hydrogen) atoms. The molecule has 11 rings (SSSR count). The van der Waals surface area contributed by atoms with E-state index in [1.165, 1.54) is 104 Å². The van der Waals surface area contributed by atoms with Gasteiger partial charge in [0.15, 0.2) is 0 Å². The Hall–Kier alpha value is -7.48. The summed E-state index contributed by atoms with van der Waals surface area (Å²) in [5, 5.41) is 5.36. The normalized spacial score (nSPS) is 18.0. The minimum atomic E-state index is -0.386. The van der Waals surface area contributed by atoms with Crippen LogP contribution >= 0.6 is 0 Å². The fourth-order valence-corrected chi connectivity index (χ4v) is 11.1. The van der Waals surface area contributed by atoms with Crippen LogP contribution in [-0.4, -0.2) is 7.05 Å². The fraction of sp³-hybridized carbons (Fsp3) is 0.125. The first-order valence-corrected chi connectivity index (χ1v) is 23.2. The molecular formula is C64H55N. The molecule has 1 spiro atoms. The number of fused-ring (bicyclic) bond motifs is 5. The Kier molecular flexibility index (Phi) is 11.5. The van der Waals surface area contributed by atoms with Gasteiger partial charge >= 0.3 is 0 Å². The number of hydrogen-bond acceptors (Lipinski definition) is 1. The monoisotopic (exact) mass is 837 g/mol. The third-order valence-electron chi connectivity index (χ3n) is 14.1. The second-order valence-electron chi connectivity index (χ2n) is 17.7. The van der Waals surface area contributed by atoms with E-state index in [1.54, 1.807) is 0 Å². The van der Waals surface area contributed by atoms with Crippen LogP contribution in [0.3, 0.4) is 0 Å². The zero-order chi connectivity index (χ0) is 44.2. The van der Waals surface area contributed by atoms with Crippen LogP contribution in [0.4, 0.5) is 5.69 Å². The summed E-state index contributed by atoms with van der Waals surface area (Å²) in [7, 11) is 1.93. The van der Waals surface area contributed by atoms with Crippen molar-refractivity contribution in [3.05, 3.63) is 279 Å². The highest BCUT2D eigenvalue weighted by Crippen LogP contribution is 2.59. The Bertz CT molecular complexity index is 3130. The molecule has 1 saturated carbocycles. The van der Waals surface area contributed by atoms with Crippen LogP contribution in [0.1, 0.15) is 71.0 Å². The maximum absolute atomic E-state index is 4.14. The van der Waals surface area contributed by atoms with Crippen molar-refractivity contribution in [2.45, 2.75) is 42.9 Å². The number of anilines is 1. The van der Waals surface area contributed by atoms with E-state index < -0.39 is 0 Å². The van der Waals surface area contributed by atoms with Gasteiger partial charge in [-0.25, -0.2) is 0 Å². The van der Waals surface area contributed by atoms with Crippen LogP contribution in [0.2, 0.25) is 0 Å². The smallest absolute Gasteiger partial charge is 0.0713 e. The first-order chi connectivity index (χ1) is 32.0. The van der Waals surface area contributed by atoms with Crippen molar-refractivity contribution in [1.29, 1.82) is 0 Å². The maximum atomic E-state index is 4.14. The standard InChI is InChI=1S/C42H34.C22H21N/c1-2-15-37-36(34-21-9-11-22-38(34)41(37)26-13-14-27-41)28-30-24-25-35-33-20-10-12-23-39(33)42(40(35)29-30,31-16-5-3-6-17-31)32-18-7-4-8-19-32;1-17-8-10-21(19-12-14-22(23-2)15-13-19)16-20(17)11-9-18-6-4-3-5-7-18/h2-12,15-25,28-29H,1,13-14,26-27H2;3-6,8-16,23H,1,7H2,2H3/b36-28-,37-15+;18-9-,20-11-. The van der Waals surface area contributed by atoms with Gasteiger partial charge in [-0.3, -0.25) is 0 Å². The molecular weight excluding hydrogens is 783 g/mol. The Morgan fingerprint density at radius 2 is 1.22 bits per heavy atom. The van der Waals surface area contributed by atoms with E-state index in [-0.39, 0.29) is 10.8 Å². The number of nitrogens with one attached hydrogen (secondary N) is 1. The zero-order valence-electron chi connectivity index (χ0n) is 37.3. The van der Waals surface area contributed by atoms with E-state index in [2.05, 4.69) is 237 Å². The molecule has 316 valence electrons. The molecule has 1 nitrogen and oxygen atoms in total. The molecule has 0 amide bonds. The molecule has 0 radical (unpaired) electrons. The van der Waals surface area contributed by atoms with Gasteiger partial charge in [0.25, 0.3) is 0 Å². The summed E-state index contributed by atoms with van der Waals surface area (Å²) in [4.78, 5) is 0. The summed E-state index contributed by atoms with van der Waals surface area (Å²) in [6.07, 6.45) is 25.5. The first-order valence-electron chi connectivity index (χ1n) is 23.2. The molecule has 0 unspecified atom stereocenters. The van der Waals surface area contributed by atoms with Crippen molar-refractivity contribution in [1.82, 2.24) is 0 Å². The van der Waals surface area contributed by atoms with E-state index in [0.29, 0.717) is 0 Å². The van der Waals surface area contributed by atoms with Crippen LogP contribution in [0.15, 0.2) is 230 Å². The third-order valence-corrected chi connectivity index (χ3v) is 14.1. The minimum absolute atomic E-state index is 0.113. The molecule has 0 bridgehead atoms. The number of rotatable bonds is 7. The summed E-state index contributed by atoms with van der Waals surface area (Å²) in [5.74, 6) is 0. The van der Waals surface area contributed by atoms with Gasteiger partial charge in [-0.2, -0.15) is 0 Å². The van der Waals surface area contributed by atoms with E-state index >= 15 is 0 Å². The highest BCUT2D eigenvalue weighted by molar-refractivity contribution is 5.99. The Labute approximate surface area is 385 Å². The second-order valence-corrected chi connectivity index (χ2v) is 17.7. The van der Waals surface area contributed by atoms with Crippen molar-refractivity contribution in [3.63, 3.8) is 0 Å². The molecule has 7 aromatic rings. The van der Waals surface area contributed by atoms with Gasteiger partial charge in [0, 0.05) is 18.2 Å². The number of hydrogen-bond donors (Lipinski definition) is 1. The molecule has 0 saturated heterocycles. The van der Waals surface area contributed by atoms with Gasteiger partial charge in [-0.15, -0.1) is 0 Å². The SMILES string of the molecule is C=C/C=C1\C(=C/c2ccc3c(c2)C(c2ccccc2)(c2ccccc2)c2ccccc2-3)c2ccccc2C12CCCC2.C=c1ccc(-c2ccc(NC)cc2)c/c1=C/C=C1/C=CC=CC1. The fourth-order valence-electron chi connectivity index (χ4n) is 11.1. The largest absolute Gasteiger partial charge is 0.388 e. The highest BCUT2D eigenvalue weighted by atomic mass is 14.8. The predicted molar refractivity (Wildman–Crippen MR) is 278 cm³/mol.